The second-order valence-electron chi connectivity index (χ2n) is 8.42. The van der Waals surface area contributed by atoms with Gasteiger partial charge in [0.15, 0.2) is 5.78 Å². The van der Waals surface area contributed by atoms with Gasteiger partial charge in [-0.05, 0) is 37.5 Å². The molecule has 6 nitrogen and oxygen atoms in total. The first-order valence-corrected chi connectivity index (χ1v) is 11.4. The van der Waals surface area contributed by atoms with Gasteiger partial charge in [-0.15, -0.1) is 0 Å². The molecule has 2 aromatic carbocycles. The van der Waals surface area contributed by atoms with E-state index >= 15 is 0 Å². The number of rotatable bonds is 5. The summed E-state index contributed by atoms with van der Waals surface area (Å²) in [5, 5.41) is 2.16. The number of hydrogen-bond acceptors (Lipinski definition) is 4. The van der Waals surface area contributed by atoms with Gasteiger partial charge in [0.1, 0.15) is 6.54 Å². The SMILES string of the molecule is Cc1ccc(C(=O)CN(C(=O)c2ccc(Cl)cc2Cl)N2C(=O)[C@@H]3[C@@H](C)C=CC[C@H]3C2=O)cc1. The molecule has 3 atom stereocenters. The van der Waals surface area contributed by atoms with Gasteiger partial charge in [0, 0.05) is 10.6 Å². The van der Waals surface area contributed by atoms with E-state index in [0.717, 1.165) is 15.6 Å². The third-order valence-corrected chi connectivity index (χ3v) is 6.70. The largest absolute Gasteiger partial charge is 0.292 e. The van der Waals surface area contributed by atoms with Crippen LogP contribution < -0.4 is 0 Å². The third kappa shape index (κ3) is 4.33. The molecule has 8 heteroatoms. The monoisotopic (exact) mass is 484 g/mol. The Bertz CT molecular complexity index is 1180. The van der Waals surface area contributed by atoms with Crippen LogP contribution in [0, 0.1) is 24.7 Å². The maximum absolute atomic E-state index is 13.5. The minimum Gasteiger partial charge on any atom is -0.292 e. The summed E-state index contributed by atoms with van der Waals surface area (Å²) in [7, 11) is 0. The Balaban J connectivity index is 1.73. The number of fused-ring (bicyclic) bond motifs is 1. The van der Waals surface area contributed by atoms with E-state index in [1.54, 1.807) is 24.3 Å². The van der Waals surface area contributed by atoms with Crippen LogP contribution in [0.5, 0.6) is 0 Å². The first-order chi connectivity index (χ1) is 15.7. The number of nitrogens with zero attached hydrogens (tertiary/aromatic N) is 2. The van der Waals surface area contributed by atoms with Crippen molar-refractivity contribution in [2.45, 2.75) is 20.3 Å². The summed E-state index contributed by atoms with van der Waals surface area (Å²) in [6, 6.07) is 11.2. The zero-order valence-corrected chi connectivity index (χ0v) is 19.6. The van der Waals surface area contributed by atoms with Gasteiger partial charge in [-0.25, -0.2) is 5.01 Å². The van der Waals surface area contributed by atoms with Crippen molar-refractivity contribution in [3.63, 3.8) is 0 Å². The number of imide groups is 1. The molecule has 1 aliphatic carbocycles. The summed E-state index contributed by atoms with van der Waals surface area (Å²) >= 11 is 12.2. The molecule has 0 unspecified atom stereocenters. The molecule has 4 rings (SSSR count). The molecule has 1 heterocycles. The molecule has 1 aliphatic heterocycles. The Morgan fingerprint density at radius 3 is 2.39 bits per heavy atom. The summed E-state index contributed by atoms with van der Waals surface area (Å²) in [5.74, 6) is -3.41. The molecule has 0 N–H and O–H groups in total. The van der Waals surface area contributed by atoms with Crippen LogP contribution in [0.25, 0.3) is 0 Å². The third-order valence-electron chi connectivity index (χ3n) is 6.15. The number of amides is 3. The lowest BCUT2D eigenvalue weighted by Gasteiger charge is -2.30. The molecular formula is C25H22Cl2N2O4. The Hall–Kier alpha value is -2.96. The van der Waals surface area contributed by atoms with E-state index < -0.39 is 41.9 Å². The molecule has 3 amide bonds. The van der Waals surface area contributed by atoms with Gasteiger partial charge in [0.05, 0.1) is 22.4 Å². The number of carbonyl (C=O) groups is 4. The average Bonchev–Trinajstić information content (AvgIpc) is 3.03. The van der Waals surface area contributed by atoms with Crippen molar-refractivity contribution < 1.29 is 19.2 Å². The van der Waals surface area contributed by atoms with Gasteiger partial charge in [0.25, 0.3) is 17.7 Å². The van der Waals surface area contributed by atoms with Crippen LogP contribution in [0.15, 0.2) is 54.6 Å². The molecule has 0 bridgehead atoms. The molecule has 1 fully saturated rings. The number of halogens is 2. The van der Waals surface area contributed by atoms with Crippen molar-refractivity contribution >= 4 is 46.7 Å². The number of aryl methyl sites for hydroxylation is 1. The highest BCUT2D eigenvalue weighted by Gasteiger charge is 2.53. The molecule has 2 aliphatic rings. The number of allylic oxidation sites excluding steroid dienone is 2. The highest BCUT2D eigenvalue weighted by molar-refractivity contribution is 6.36. The minimum absolute atomic E-state index is 0.0411. The smallest absolute Gasteiger partial charge is 0.274 e. The van der Waals surface area contributed by atoms with Crippen LogP contribution >= 0.6 is 23.2 Å². The maximum Gasteiger partial charge on any atom is 0.274 e. The van der Waals surface area contributed by atoms with Crippen molar-refractivity contribution in [3.05, 3.63) is 81.4 Å². The second kappa shape index (κ2) is 9.12. The summed E-state index contributed by atoms with van der Waals surface area (Å²) in [4.78, 5) is 53.3. The Labute approximate surface area is 201 Å². The standard InChI is InChI=1S/C25H22Cl2N2O4/c1-14-6-8-16(9-7-14)21(30)13-28(23(31)18-11-10-17(26)12-20(18)27)29-24(32)19-5-3-4-15(2)22(19)25(29)33/h3-4,6-12,15,19,22H,5,13H2,1-2H3/t15-,19+,22+/m0/s1. The lowest BCUT2D eigenvalue weighted by atomic mass is 9.78. The highest BCUT2D eigenvalue weighted by Crippen LogP contribution is 2.39. The Kier molecular flexibility index (Phi) is 6.41. The van der Waals surface area contributed by atoms with Crippen molar-refractivity contribution in [1.82, 2.24) is 10.0 Å². The number of benzene rings is 2. The van der Waals surface area contributed by atoms with Gasteiger partial charge >= 0.3 is 0 Å². The summed E-state index contributed by atoms with van der Waals surface area (Å²) < 4.78 is 0. The van der Waals surface area contributed by atoms with Crippen LogP contribution in [0.2, 0.25) is 10.0 Å². The van der Waals surface area contributed by atoms with E-state index in [4.69, 9.17) is 23.2 Å². The molecule has 33 heavy (non-hydrogen) atoms. The van der Waals surface area contributed by atoms with Crippen molar-refractivity contribution in [3.8, 4) is 0 Å². The van der Waals surface area contributed by atoms with Gasteiger partial charge in [-0.1, -0.05) is 72.1 Å². The van der Waals surface area contributed by atoms with Crippen molar-refractivity contribution in [2.75, 3.05) is 6.54 Å². The fraction of sp³-hybridized carbons (Fsp3) is 0.280. The minimum atomic E-state index is -0.724. The quantitative estimate of drug-likeness (QED) is 0.349. The van der Waals surface area contributed by atoms with Crippen LogP contribution in [-0.4, -0.2) is 40.1 Å². The summed E-state index contributed by atoms with van der Waals surface area (Å²) in [5.41, 5.74) is 1.38. The topological polar surface area (TPSA) is 74.8 Å². The van der Waals surface area contributed by atoms with Crippen LogP contribution in [-0.2, 0) is 9.59 Å². The van der Waals surface area contributed by atoms with Crippen LogP contribution in [0.4, 0.5) is 0 Å². The van der Waals surface area contributed by atoms with E-state index in [9.17, 15) is 19.2 Å². The van der Waals surface area contributed by atoms with E-state index in [-0.39, 0.29) is 16.5 Å². The molecule has 170 valence electrons. The molecule has 1 saturated heterocycles. The average molecular weight is 485 g/mol. The zero-order chi connectivity index (χ0) is 23.9. The van der Waals surface area contributed by atoms with Crippen molar-refractivity contribution in [1.29, 1.82) is 0 Å². The fourth-order valence-corrected chi connectivity index (χ4v) is 4.86. The van der Waals surface area contributed by atoms with Crippen LogP contribution in [0.3, 0.4) is 0 Å². The van der Waals surface area contributed by atoms with Gasteiger partial charge in [-0.3, -0.25) is 19.2 Å². The van der Waals surface area contributed by atoms with E-state index in [1.807, 2.05) is 26.0 Å². The van der Waals surface area contributed by atoms with Crippen molar-refractivity contribution in [2.24, 2.45) is 17.8 Å². The highest BCUT2D eigenvalue weighted by atomic mass is 35.5. The van der Waals surface area contributed by atoms with Gasteiger partial charge < -0.3 is 0 Å². The number of hydrazine groups is 1. The fourth-order valence-electron chi connectivity index (χ4n) is 4.37. The van der Waals surface area contributed by atoms with E-state index in [2.05, 4.69) is 0 Å². The van der Waals surface area contributed by atoms with Gasteiger partial charge in [-0.2, -0.15) is 5.01 Å². The first-order valence-electron chi connectivity index (χ1n) is 10.6. The molecule has 0 saturated carbocycles. The molecule has 2 aromatic rings. The lowest BCUT2D eigenvalue weighted by Crippen LogP contribution is -2.52. The van der Waals surface area contributed by atoms with Gasteiger partial charge in [0.2, 0.25) is 0 Å². The van der Waals surface area contributed by atoms with E-state index in [0.29, 0.717) is 17.0 Å². The summed E-state index contributed by atoms with van der Waals surface area (Å²) in [6.07, 6.45) is 4.18. The summed E-state index contributed by atoms with van der Waals surface area (Å²) in [6.45, 7) is 3.27. The molecular weight excluding hydrogens is 463 g/mol. The molecule has 0 radical (unpaired) electrons. The number of hydrogen-bond donors (Lipinski definition) is 0. The predicted octanol–water partition coefficient (Wildman–Crippen LogP) is 4.74. The lowest BCUT2D eigenvalue weighted by molar-refractivity contribution is -0.154. The second-order valence-corrected chi connectivity index (χ2v) is 9.26. The normalized spacial score (nSPS) is 21.8. The van der Waals surface area contributed by atoms with Crippen LogP contribution in [0.1, 0.15) is 39.6 Å². The zero-order valence-electron chi connectivity index (χ0n) is 18.1. The molecule has 0 spiro atoms. The Morgan fingerprint density at radius 1 is 1.06 bits per heavy atom. The maximum atomic E-state index is 13.5. The number of carbonyl (C=O) groups excluding carboxylic acids is 4. The first kappa shape index (κ1) is 23.2. The predicted molar refractivity (Wildman–Crippen MR) is 125 cm³/mol. The van der Waals surface area contributed by atoms with E-state index in [1.165, 1.54) is 18.2 Å². The Morgan fingerprint density at radius 2 is 1.76 bits per heavy atom. The number of ketones is 1. The molecule has 0 aromatic heterocycles. The number of Topliss-reactive ketones (excluding diaryl/α,β-unsaturated/α-hetero) is 1.